The lowest BCUT2D eigenvalue weighted by atomic mass is 9.95. The summed E-state index contributed by atoms with van der Waals surface area (Å²) in [7, 11) is 2.47. The molecule has 176 valence electrons. The number of likely N-dealkylation sites (tertiary alicyclic amines) is 1. The largest absolute Gasteiger partial charge is 0.465 e. The second kappa shape index (κ2) is 11.6. The first kappa shape index (κ1) is 25.3. The van der Waals surface area contributed by atoms with E-state index in [1.807, 2.05) is 11.8 Å². The van der Waals surface area contributed by atoms with Crippen LogP contribution in [0.25, 0.3) is 0 Å². The monoisotopic (exact) mass is 447 g/mol. The number of methoxy groups -OCH3 is 2. The van der Waals surface area contributed by atoms with Crippen LogP contribution in [0.1, 0.15) is 54.3 Å². The highest BCUT2D eigenvalue weighted by molar-refractivity contribution is 5.99. The minimum absolute atomic E-state index is 0.0464. The standard InChI is InChI=1S/C23H33N3O6/c1-14(2)15(3)24-21(28)16-6-8-26(9-7-16)13-20(27)25-19-11-17(22(29)31-4)10-18(12-19)23(30)32-5/h10-12,14-16H,6-9,13H2,1-5H3,(H,24,28)(H,25,27). The highest BCUT2D eigenvalue weighted by Gasteiger charge is 2.27. The summed E-state index contributed by atoms with van der Waals surface area (Å²) in [6.07, 6.45) is 1.38. The molecule has 1 saturated heterocycles. The van der Waals surface area contributed by atoms with Crippen LogP contribution >= 0.6 is 0 Å². The van der Waals surface area contributed by atoms with Crippen molar-refractivity contribution in [3.05, 3.63) is 29.3 Å². The van der Waals surface area contributed by atoms with Crippen LogP contribution in [-0.4, -0.2) is 68.5 Å². The van der Waals surface area contributed by atoms with Crippen molar-refractivity contribution >= 4 is 29.4 Å². The number of rotatable bonds is 8. The molecule has 0 spiro atoms. The summed E-state index contributed by atoms with van der Waals surface area (Å²) in [5.74, 6) is -1.13. The Bertz CT molecular complexity index is 812. The van der Waals surface area contributed by atoms with Crippen LogP contribution in [0.15, 0.2) is 18.2 Å². The Labute approximate surface area is 188 Å². The van der Waals surface area contributed by atoms with Crippen LogP contribution in [0.5, 0.6) is 0 Å². The van der Waals surface area contributed by atoms with E-state index in [1.165, 1.54) is 32.4 Å². The van der Waals surface area contributed by atoms with E-state index < -0.39 is 11.9 Å². The number of piperidine rings is 1. The average molecular weight is 448 g/mol. The van der Waals surface area contributed by atoms with Crippen LogP contribution in [-0.2, 0) is 19.1 Å². The van der Waals surface area contributed by atoms with Gasteiger partial charge in [-0.2, -0.15) is 0 Å². The zero-order chi connectivity index (χ0) is 23.8. The third kappa shape index (κ3) is 7.05. The number of anilines is 1. The van der Waals surface area contributed by atoms with Gasteiger partial charge in [0.1, 0.15) is 0 Å². The number of nitrogens with one attached hydrogen (secondary N) is 2. The van der Waals surface area contributed by atoms with Gasteiger partial charge in [0.2, 0.25) is 11.8 Å². The van der Waals surface area contributed by atoms with Crippen molar-refractivity contribution in [2.24, 2.45) is 11.8 Å². The van der Waals surface area contributed by atoms with Gasteiger partial charge < -0.3 is 20.1 Å². The van der Waals surface area contributed by atoms with Crippen LogP contribution in [0.4, 0.5) is 5.69 Å². The van der Waals surface area contributed by atoms with Gasteiger partial charge in [-0.15, -0.1) is 0 Å². The summed E-state index contributed by atoms with van der Waals surface area (Å²) < 4.78 is 9.42. The minimum Gasteiger partial charge on any atom is -0.465 e. The maximum atomic E-state index is 12.6. The van der Waals surface area contributed by atoms with E-state index in [9.17, 15) is 19.2 Å². The van der Waals surface area contributed by atoms with Crippen molar-refractivity contribution in [3.63, 3.8) is 0 Å². The van der Waals surface area contributed by atoms with E-state index in [4.69, 9.17) is 9.47 Å². The minimum atomic E-state index is -0.626. The van der Waals surface area contributed by atoms with Gasteiger partial charge >= 0.3 is 11.9 Å². The third-order valence-electron chi connectivity index (χ3n) is 5.75. The summed E-state index contributed by atoms with van der Waals surface area (Å²) in [4.78, 5) is 50.7. The molecule has 1 unspecified atom stereocenters. The summed E-state index contributed by atoms with van der Waals surface area (Å²) >= 11 is 0. The van der Waals surface area contributed by atoms with Crippen LogP contribution < -0.4 is 10.6 Å². The van der Waals surface area contributed by atoms with Gasteiger partial charge in [-0.1, -0.05) is 13.8 Å². The summed E-state index contributed by atoms with van der Waals surface area (Å²) in [6.45, 7) is 7.56. The fourth-order valence-corrected chi connectivity index (χ4v) is 3.44. The normalized spacial score (nSPS) is 15.7. The second-order valence-electron chi connectivity index (χ2n) is 8.42. The van der Waals surface area contributed by atoms with E-state index >= 15 is 0 Å². The number of ether oxygens (including phenoxy) is 2. The van der Waals surface area contributed by atoms with Crippen molar-refractivity contribution < 1.29 is 28.7 Å². The van der Waals surface area contributed by atoms with Crippen molar-refractivity contribution in [1.29, 1.82) is 0 Å². The number of carbonyl (C=O) groups excluding carboxylic acids is 4. The summed E-state index contributed by atoms with van der Waals surface area (Å²) in [5, 5.41) is 5.79. The Morgan fingerprint density at radius 3 is 1.97 bits per heavy atom. The highest BCUT2D eigenvalue weighted by Crippen LogP contribution is 2.20. The fourth-order valence-electron chi connectivity index (χ4n) is 3.44. The van der Waals surface area contributed by atoms with E-state index in [2.05, 4.69) is 24.5 Å². The molecule has 0 aliphatic carbocycles. The molecule has 0 aromatic heterocycles. The third-order valence-corrected chi connectivity index (χ3v) is 5.75. The molecule has 0 bridgehead atoms. The van der Waals surface area contributed by atoms with Gasteiger partial charge in [0, 0.05) is 17.6 Å². The van der Waals surface area contributed by atoms with Crippen molar-refractivity contribution in [2.75, 3.05) is 39.2 Å². The van der Waals surface area contributed by atoms with Crippen molar-refractivity contribution in [3.8, 4) is 0 Å². The van der Waals surface area contributed by atoms with Gasteiger partial charge in [-0.3, -0.25) is 14.5 Å². The van der Waals surface area contributed by atoms with E-state index in [0.29, 0.717) is 37.5 Å². The second-order valence-corrected chi connectivity index (χ2v) is 8.42. The molecule has 1 aliphatic rings. The highest BCUT2D eigenvalue weighted by atomic mass is 16.5. The number of nitrogens with zero attached hydrogens (tertiary/aromatic N) is 1. The zero-order valence-electron chi connectivity index (χ0n) is 19.4. The fraction of sp³-hybridized carbons (Fsp3) is 0.565. The van der Waals surface area contributed by atoms with Crippen LogP contribution in [0.2, 0.25) is 0 Å². The Kier molecular flexibility index (Phi) is 9.19. The number of esters is 2. The topological polar surface area (TPSA) is 114 Å². The number of hydrogen-bond acceptors (Lipinski definition) is 7. The molecule has 1 aromatic carbocycles. The van der Waals surface area contributed by atoms with Gasteiger partial charge in [0.15, 0.2) is 0 Å². The van der Waals surface area contributed by atoms with Gasteiger partial charge in [-0.05, 0) is 57.0 Å². The first-order valence-electron chi connectivity index (χ1n) is 10.8. The molecule has 32 heavy (non-hydrogen) atoms. The molecular formula is C23H33N3O6. The molecule has 0 radical (unpaired) electrons. The number of hydrogen-bond donors (Lipinski definition) is 2. The molecule has 2 amide bonds. The maximum Gasteiger partial charge on any atom is 0.337 e. The van der Waals surface area contributed by atoms with Gasteiger partial charge in [0.25, 0.3) is 0 Å². The van der Waals surface area contributed by atoms with E-state index in [0.717, 1.165) is 0 Å². The predicted octanol–water partition coefficient (Wildman–Crippen LogP) is 2.07. The van der Waals surface area contributed by atoms with E-state index in [-0.39, 0.29) is 41.4 Å². The molecule has 1 heterocycles. The molecule has 1 fully saturated rings. The molecule has 0 saturated carbocycles. The molecule has 2 rings (SSSR count). The molecular weight excluding hydrogens is 414 g/mol. The molecule has 1 aromatic rings. The molecule has 1 atom stereocenters. The SMILES string of the molecule is COC(=O)c1cc(NC(=O)CN2CCC(C(=O)NC(C)C(C)C)CC2)cc(C(=O)OC)c1. The molecule has 9 heteroatoms. The molecule has 2 N–H and O–H groups in total. The molecule has 9 nitrogen and oxygen atoms in total. The lowest BCUT2D eigenvalue weighted by Gasteiger charge is -2.31. The number of amides is 2. The summed E-state index contributed by atoms with van der Waals surface area (Å²) in [6, 6.07) is 4.37. The van der Waals surface area contributed by atoms with Crippen molar-refractivity contribution in [2.45, 2.75) is 39.7 Å². The Morgan fingerprint density at radius 1 is 0.969 bits per heavy atom. The Balaban J connectivity index is 1.94. The Morgan fingerprint density at radius 2 is 1.50 bits per heavy atom. The van der Waals surface area contributed by atoms with Crippen LogP contribution in [0.3, 0.4) is 0 Å². The lowest BCUT2D eigenvalue weighted by Crippen LogP contribution is -2.45. The van der Waals surface area contributed by atoms with Gasteiger partial charge in [0.05, 0.1) is 31.9 Å². The van der Waals surface area contributed by atoms with E-state index in [1.54, 1.807) is 0 Å². The van der Waals surface area contributed by atoms with Crippen molar-refractivity contribution in [1.82, 2.24) is 10.2 Å². The zero-order valence-corrected chi connectivity index (χ0v) is 19.4. The van der Waals surface area contributed by atoms with Gasteiger partial charge in [-0.25, -0.2) is 9.59 Å². The summed E-state index contributed by atoms with van der Waals surface area (Å²) in [5.41, 5.74) is 0.566. The first-order valence-corrected chi connectivity index (χ1v) is 10.8. The average Bonchev–Trinajstić information content (AvgIpc) is 2.77. The Hall–Kier alpha value is -2.94. The lowest BCUT2D eigenvalue weighted by molar-refractivity contribution is -0.127. The number of benzene rings is 1. The quantitative estimate of drug-likeness (QED) is 0.587. The first-order chi connectivity index (χ1) is 15.1. The van der Waals surface area contributed by atoms with Crippen LogP contribution in [0, 0.1) is 11.8 Å². The molecule has 1 aliphatic heterocycles. The smallest absolute Gasteiger partial charge is 0.337 e. The predicted molar refractivity (Wildman–Crippen MR) is 119 cm³/mol. The number of carbonyl (C=O) groups is 4. The maximum absolute atomic E-state index is 12.6.